The fraction of sp³-hybridized carbons (Fsp3) is 0.219. The van der Waals surface area contributed by atoms with Crippen molar-refractivity contribution in [3.05, 3.63) is 139 Å². The van der Waals surface area contributed by atoms with Gasteiger partial charge >= 0.3 is 6.16 Å². The van der Waals surface area contributed by atoms with Crippen LogP contribution < -0.4 is 4.74 Å². The predicted octanol–water partition coefficient (Wildman–Crippen LogP) is 8.59. The summed E-state index contributed by atoms with van der Waals surface area (Å²) in [5.74, 6) is -2.12. The molecule has 1 aliphatic rings. The molecule has 0 aliphatic carbocycles. The lowest BCUT2D eigenvalue weighted by Crippen LogP contribution is -2.53. The van der Waals surface area contributed by atoms with Crippen LogP contribution in [0.25, 0.3) is 0 Å². The molecule has 4 aromatic rings. The van der Waals surface area contributed by atoms with E-state index in [-0.39, 0.29) is 23.4 Å². The largest absolute Gasteiger partial charge is 0.514 e. The fourth-order valence-electron chi connectivity index (χ4n) is 5.57. The molecule has 0 aromatic heterocycles. The van der Waals surface area contributed by atoms with E-state index < -0.39 is 34.7 Å². The first-order valence-corrected chi connectivity index (χ1v) is 14.2. The van der Waals surface area contributed by atoms with Crippen molar-refractivity contribution < 1.29 is 28.0 Å². The summed E-state index contributed by atoms with van der Waals surface area (Å²) >= 11 is 12.3. The molecule has 0 bridgehead atoms. The molecule has 7 nitrogen and oxygen atoms in total. The van der Waals surface area contributed by atoms with Gasteiger partial charge in [0.25, 0.3) is 5.69 Å². The SMILES string of the molecule is CC(OC(=O)Oc1ccc([N+](=O)[O-])cc1)C(c1cc(F)cc(F)c1)C1CN(C(c2ccc(Cl)cc2)c2ccc(Cl)cc2)C1. The number of ether oxygens (including phenoxy) is 2. The van der Waals surface area contributed by atoms with Crippen molar-refractivity contribution >= 4 is 35.0 Å². The van der Waals surface area contributed by atoms with Gasteiger partial charge in [-0.2, -0.15) is 0 Å². The van der Waals surface area contributed by atoms with Gasteiger partial charge in [0, 0.05) is 47.3 Å². The molecule has 2 unspecified atom stereocenters. The second kappa shape index (κ2) is 13.1. The molecule has 5 rings (SSSR count). The predicted molar refractivity (Wildman–Crippen MR) is 159 cm³/mol. The van der Waals surface area contributed by atoms with E-state index in [1.165, 1.54) is 36.4 Å². The zero-order valence-electron chi connectivity index (χ0n) is 22.8. The second-order valence-electron chi connectivity index (χ2n) is 10.4. The molecule has 4 aromatic carbocycles. The van der Waals surface area contributed by atoms with Crippen LogP contribution in [0.3, 0.4) is 0 Å². The van der Waals surface area contributed by atoms with E-state index >= 15 is 0 Å². The van der Waals surface area contributed by atoms with Crippen LogP contribution in [-0.2, 0) is 4.74 Å². The van der Waals surface area contributed by atoms with Gasteiger partial charge in [0.2, 0.25) is 0 Å². The lowest BCUT2D eigenvalue weighted by Gasteiger charge is -2.49. The molecule has 1 heterocycles. The summed E-state index contributed by atoms with van der Waals surface area (Å²) < 4.78 is 39.5. The minimum Gasteiger partial charge on any atom is -0.430 e. The quantitative estimate of drug-likeness (QED) is 0.0801. The molecule has 1 fully saturated rings. The summed E-state index contributed by atoms with van der Waals surface area (Å²) in [6, 6.07) is 23.2. The molecule has 43 heavy (non-hydrogen) atoms. The van der Waals surface area contributed by atoms with Crippen molar-refractivity contribution in [2.45, 2.75) is 25.0 Å². The molecule has 1 aliphatic heterocycles. The highest BCUT2D eigenvalue weighted by Crippen LogP contribution is 2.42. The van der Waals surface area contributed by atoms with E-state index in [0.29, 0.717) is 28.7 Å². The highest BCUT2D eigenvalue weighted by Gasteiger charge is 2.42. The Labute approximate surface area is 256 Å². The Balaban J connectivity index is 1.36. The number of non-ortho nitro benzene ring substituents is 1. The monoisotopic (exact) mass is 626 g/mol. The first-order valence-electron chi connectivity index (χ1n) is 13.4. The molecule has 222 valence electrons. The number of hydrogen-bond donors (Lipinski definition) is 0. The number of benzene rings is 4. The highest BCUT2D eigenvalue weighted by atomic mass is 35.5. The third kappa shape index (κ3) is 7.30. The summed E-state index contributed by atoms with van der Waals surface area (Å²) in [6.07, 6.45) is -1.87. The minimum atomic E-state index is -1.04. The summed E-state index contributed by atoms with van der Waals surface area (Å²) in [7, 11) is 0. The number of nitro benzene ring substituents is 1. The third-order valence-corrected chi connectivity index (χ3v) is 7.99. The standard InChI is InChI=1S/C32H26Cl2F2N2O5/c1-19(42-32(39)43-29-12-10-28(11-13-29)38(40)41)30(22-14-26(35)16-27(36)15-22)23-17-37(18-23)31(20-2-6-24(33)7-3-20)21-4-8-25(34)9-5-21/h2-16,19,23,30-31H,17-18H2,1H3. The summed E-state index contributed by atoms with van der Waals surface area (Å²) in [5.41, 5.74) is 2.21. The molecular formula is C32H26Cl2F2N2O5. The van der Waals surface area contributed by atoms with Crippen LogP contribution in [0.1, 0.15) is 35.6 Å². The average molecular weight is 627 g/mol. The van der Waals surface area contributed by atoms with Crippen molar-refractivity contribution in [2.75, 3.05) is 13.1 Å². The van der Waals surface area contributed by atoms with Gasteiger partial charge in [-0.3, -0.25) is 15.0 Å². The maximum atomic E-state index is 14.3. The number of carbonyl (C=O) groups excluding carboxylic acids is 1. The molecule has 2 atom stereocenters. The molecule has 0 radical (unpaired) electrons. The summed E-state index contributed by atoms with van der Waals surface area (Å²) in [6.45, 7) is 2.71. The number of rotatable bonds is 9. The van der Waals surface area contributed by atoms with Gasteiger partial charge in [0.15, 0.2) is 0 Å². The topological polar surface area (TPSA) is 81.9 Å². The maximum absolute atomic E-state index is 14.3. The van der Waals surface area contributed by atoms with Crippen LogP contribution in [-0.4, -0.2) is 35.2 Å². The Morgan fingerprint density at radius 3 is 1.86 bits per heavy atom. The van der Waals surface area contributed by atoms with E-state index in [1.807, 2.05) is 48.5 Å². The van der Waals surface area contributed by atoms with Crippen LogP contribution in [0, 0.1) is 27.7 Å². The molecule has 0 N–H and O–H groups in total. The van der Waals surface area contributed by atoms with Gasteiger partial charge in [-0.1, -0.05) is 47.5 Å². The van der Waals surface area contributed by atoms with Crippen molar-refractivity contribution in [2.24, 2.45) is 5.92 Å². The zero-order valence-corrected chi connectivity index (χ0v) is 24.3. The molecule has 11 heteroatoms. The van der Waals surface area contributed by atoms with Gasteiger partial charge < -0.3 is 9.47 Å². The Morgan fingerprint density at radius 1 is 0.860 bits per heavy atom. The number of nitrogens with zero attached hydrogens (tertiary/aromatic N) is 2. The van der Waals surface area contributed by atoms with Crippen molar-refractivity contribution in [3.63, 3.8) is 0 Å². The van der Waals surface area contributed by atoms with E-state index in [0.717, 1.165) is 17.2 Å². The van der Waals surface area contributed by atoms with Crippen molar-refractivity contribution in [1.82, 2.24) is 4.90 Å². The van der Waals surface area contributed by atoms with E-state index in [2.05, 4.69) is 4.90 Å². The van der Waals surface area contributed by atoms with Gasteiger partial charge in [0.1, 0.15) is 23.5 Å². The number of nitro groups is 1. The molecular weight excluding hydrogens is 601 g/mol. The summed E-state index contributed by atoms with van der Waals surface area (Å²) in [5, 5.41) is 12.1. The lowest BCUT2D eigenvalue weighted by atomic mass is 9.76. The number of carbonyl (C=O) groups is 1. The van der Waals surface area contributed by atoms with Gasteiger partial charge in [-0.15, -0.1) is 0 Å². The Morgan fingerprint density at radius 2 is 1.37 bits per heavy atom. The minimum absolute atomic E-state index is 0.0553. The number of likely N-dealkylation sites (tertiary alicyclic amines) is 1. The first-order chi connectivity index (χ1) is 20.6. The van der Waals surface area contributed by atoms with Crippen LogP contribution in [0.2, 0.25) is 10.0 Å². The Kier molecular flexibility index (Phi) is 9.25. The molecule has 0 amide bonds. The zero-order chi connectivity index (χ0) is 30.7. The van der Waals surface area contributed by atoms with E-state index in [1.54, 1.807) is 6.92 Å². The van der Waals surface area contributed by atoms with Crippen LogP contribution >= 0.6 is 23.2 Å². The van der Waals surface area contributed by atoms with Gasteiger partial charge in [0.05, 0.1) is 11.0 Å². The fourth-order valence-corrected chi connectivity index (χ4v) is 5.82. The third-order valence-electron chi connectivity index (χ3n) is 7.49. The van der Waals surface area contributed by atoms with E-state index in [4.69, 9.17) is 32.7 Å². The van der Waals surface area contributed by atoms with Crippen LogP contribution in [0.4, 0.5) is 19.3 Å². The van der Waals surface area contributed by atoms with Gasteiger partial charge in [-0.25, -0.2) is 13.6 Å². The number of hydrogen-bond acceptors (Lipinski definition) is 6. The van der Waals surface area contributed by atoms with E-state index in [9.17, 15) is 23.7 Å². The lowest BCUT2D eigenvalue weighted by molar-refractivity contribution is -0.384. The Bertz CT molecular complexity index is 1530. The second-order valence-corrected chi connectivity index (χ2v) is 11.2. The van der Waals surface area contributed by atoms with Crippen molar-refractivity contribution in [3.8, 4) is 5.75 Å². The molecule has 0 spiro atoms. The normalized spacial score (nSPS) is 15.0. The maximum Gasteiger partial charge on any atom is 0.514 e. The highest BCUT2D eigenvalue weighted by molar-refractivity contribution is 6.30. The smallest absolute Gasteiger partial charge is 0.430 e. The average Bonchev–Trinajstić information content (AvgIpc) is 2.93. The molecule has 1 saturated heterocycles. The summed E-state index contributed by atoms with van der Waals surface area (Å²) in [4.78, 5) is 25.2. The number of halogens is 4. The first kappa shape index (κ1) is 30.4. The van der Waals surface area contributed by atoms with Crippen LogP contribution in [0.15, 0.2) is 91.0 Å². The van der Waals surface area contributed by atoms with Crippen molar-refractivity contribution in [1.29, 1.82) is 0 Å². The molecule has 0 saturated carbocycles. The van der Waals surface area contributed by atoms with Gasteiger partial charge in [-0.05, 0) is 78.1 Å². The van der Waals surface area contributed by atoms with Crippen LogP contribution in [0.5, 0.6) is 5.75 Å². The Hall–Kier alpha value is -4.05.